The molecule has 114 valence electrons. The van der Waals surface area contributed by atoms with Crippen molar-refractivity contribution in [3.63, 3.8) is 0 Å². The van der Waals surface area contributed by atoms with Crippen molar-refractivity contribution >= 4 is 28.9 Å². The van der Waals surface area contributed by atoms with Gasteiger partial charge in [-0.1, -0.05) is 25.4 Å². The van der Waals surface area contributed by atoms with Gasteiger partial charge in [0.15, 0.2) is 22.4 Å². The number of nitrogens with zero attached hydrogens (tertiary/aromatic N) is 1. The summed E-state index contributed by atoms with van der Waals surface area (Å²) in [5, 5.41) is 4.34. The number of benzene rings is 1. The van der Waals surface area contributed by atoms with Gasteiger partial charge in [-0.2, -0.15) is 0 Å². The van der Waals surface area contributed by atoms with Crippen molar-refractivity contribution < 1.29 is 9.13 Å². The van der Waals surface area contributed by atoms with Crippen molar-refractivity contribution in [3.05, 3.63) is 28.5 Å². The van der Waals surface area contributed by atoms with Crippen LogP contribution in [0.2, 0.25) is 5.02 Å². The summed E-state index contributed by atoms with van der Waals surface area (Å²) in [6, 6.07) is 2.96. The van der Waals surface area contributed by atoms with E-state index in [4.69, 9.17) is 28.6 Å². The van der Waals surface area contributed by atoms with Crippen LogP contribution >= 0.6 is 23.8 Å². The molecule has 21 heavy (non-hydrogen) atoms. The largest absolute Gasteiger partial charge is 0.464 e. The van der Waals surface area contributed by atoms with Crippen LogP contribution in [0, 0.1) is 11.7 Å². The van der Waals surface area contributed by atoms with Gasteiger partial charge in [-0.3, -0.25) is 0 Å². The van der Waals surface area contributed by atoms with Gasteiger partial charge in [0, 0.05) is 23.0 Å². The summed E-state index contributed by atoms with van der Waals surface area (Å²) in [5.41, 5.74) is 0.0912. The Morgan fingerprint density at radius 3 is 2.90 bits per heavy atom. The highest BCUT2D eigenvalue weighted by molar-refractivity contribution is 7.80. The summed E-state index contributed by atoms with van der Waals surface area (Å²) in [4.78, 5) is 2.01. The second kappa shape index (κ2) is 4.99. The van der Waals surface area contributed by atoms with Gasteiger partial charge in [0.25, 0.3) is 0 Å². The number of rotatable bonds is 2. The average molecular weight is 329 g/mol. The molecule has 0 saturated carbocycles. The van der Waals surface area contributed by atoms with Crippen LogP contribution in [0.3, 0.4) is 0 Å². The third kappa shape index (κ3) is 2.09. The Morgan fingerprint density at radius 2 is 2.24 bits per heavy atom. The molecule has 3 rings (SSSR count). The molecule has 6 heteroatoms. The Hall–Kier alpha value is -1.07. The molecule has 3 unspecified atom stereocenters. The van der Waals surface area contributed by atoms with Crippen LogP contribution in [0.5, 0.6) is 5.75 Å². The van der Waals surface area contributed by atoms with E-state index in [1.807, 2.05) is 11.8 Å². The molecule has 2 aliphatic rings. The number of fused-ring (bicyclic) bond motifs is 4. The first-order chi connectivity index (χ1) is 9.88. The van der Waals surface area contributed by atoms with Gasteiger partial charge >= 0.3 is 0 Å². The third-order valence-electron chi connectivity index (χ3n) is 4.53. The van der Waals surface area contributed by atoms with Crippen molar-refractivity contribution in [3.8, 4) is 5.75 Å². The Labute approximate surface area is 134 Å². The average Bonchev–Trinajstić information content (AvgIpc) is 2.41. The molecule has 0 radical (unpaired) electrons. The summed E-state index contributed by atoms with van der Waals surface area (Å²) >= 11 is 11.5. The highest BCUT2D eigenvalue weighted by Gasteiger charge is 2.53. The predicted molar refractivity (Wildman–Crippen MR) is 85.1 cm³/mol. The number of halogens is 2. The summed E-state index contributed by atoms with van der Waals surface area (Å²) in [6.07, 6.45) is 0.939. The van der Waals surface area contributed by atoms with E-state index in [9.17, 15) is 4.39 Å². The second-order valence-corrected chi connectivity index (χ2v) is 6.65. The summed E-state index contributed by atoms with van der Waals surface area (Å²) in [6.45, 7) is 6.91. The molecule has 1 fully saturated rings. The smallest absolute Gasteiger partial charge is 0.186 e. The van der Waals surface area contributed by atoms with Crippen LogP contribution < -0.4 is 10.1 Å². The van der Waals surface area contributed by atoms with Crippen LogP contribution in [0.25, 0.3) is 0 Å². The maximum Gasteiger partial charge on any atom is 0.186 e. The van der Waals surface area contributed by atoms with Gasteiger partial charge < -0.3 is 15.0 Å². The van der Waals surface area contributed by atoms with E-state index in [0.29, 0.717) is 10.1 Å². The molecule has 1 aromatic rings. The summed E-state index contributed by atoms with van der Waals surface area (Å²) in [5.74, 6) is -0.0334. The Morgan fingerprint density at radius 1 is 1.52 bits per heavy atom. The van der Waals surface area contributed by atoms with E-state index in [0.717, 1.165) is 18.5 Å². The standard InChI is InChI=1S/C15H18ClFN2OS/c1-4-5-19-14(21)18-12-8(2)15(19,3)20-13-10(12)6-9(16)7-11(13)17/h6-8,12H,4-5H2,1-3H3,(H,18,21). The SMILES string of the molecule is CCCN1C(=S)NC2c3cc(Cl)cc(F)c3OC1(C)C2C. The molecule has 2 heterocycles. The van der Waals surface area contributed by atoms with E-state index in [-0.39, 0.29) is 17.7 Å². The normalized spacial score (nSPS) is 30.5. The minimum atomic E-state index is -0.648. The minimum absolute atomic E-state index is 0.0902. The molecule has 0 aliphatic carbocycles. The van der Waals surface area contributed by atoms with Crippen LogP contribution in [0.15, 0.2) is 12.1 Å². The highest BCUT2D eigenvalue weighted by Crippen LogP contribution is 2.49. The topological polar surface area (TPSA) is 24.5 Å². The lowest BCUT2D eigenvalue weighted by Crippen LogP contribution is -2.69. The van der Waals surface area contributed by atoms with E-state index >= 15 is 0 Å². The second-order valence-electron chi connectivity index (χ2n) is 5.83. The quantitative estimate of drug-likeness (QED) is 0.833. The minimum Gasteiger partial charge on any atom is -0.464 e. The zero-order valence-electron chi connectivity index (χ0n) is 12.2. The molecule has 0 amide bonds. The van der Waals surface area contributed by atoms with Gasteiger partial charge in [-0.05, 0) is 37.7 Å². The highest BCUT2D eigenvalue weighted by atomic mass is 35.5. The molecule has 0 spiro atoms. The molecule has 1 aromatic carbocycles. The lowest BCUT2D eigenvalue weighted by molar-refractivity contribution is -0.112. The fraction of sp³-hybridized carbons (Fsp3) is 0.533. The molecular formula is C15H18ClFN2OS. The van der Waals surface area contributed by atoms with Crippen molar-refractivity contribution in [1.29, 1.82) is 0 Å². The molecule has 3 nitrogen and oxygen atoms in total. The summed E-state index contributed by atoms with van der Waals surface area (Å²) < 4.78 is 20.3. The van der Waals surface area contributed by atoms with E-state index < -0.39 is 11.5 Å². The molecule has 1 saturated heterocycles. The first kappa shape index (κ1) is 14.9. The molecule has 2 aliphatic heterocycles. The zero-order chi connectivity index (χ0) is 15.4. The Bertz CT molecular complexity index is 612. The summed E-state index contributed by atoms with van der Waals surface area (Å²) in [7, 11) is 0. The van der Waals surface area contributed by atoms with Crippen molar-refractivity contribution in [2.75, 3.05) is 6.54 Å². The number of hydrogen-bond acceptors (Lipinski definition) is 2. The molecule has 2 bridgehead atoms. The lowest BCUT2D eigenvalue weighted by Gasteiger charge is -2.56. The predicted octanol–water partition coefficient (Wildman–Crippen LogP) is 3.87. The fourth-order valence-corrected chi connectivity index (χ4v) is 3.87. The number of thiocarbonyl (C=S) groups is 1. The maximum absolute atomic E-state index is 14.3. The monoisotopic (exact) mass is 328 g/mol. The molecule has 0 aromatic heterocycles. The lowest BCUT2D eigenvalue weighted by atomic mass is 9.81. The van der Waals surface area contributed by atoms with Crippen LogP contribution in [0.1, 0.15) is 38.8 Å². The molecule has 3 atom stereocenters. The van der Waals surface area contributed by atoms with E-state index in [1.165, 1.54) is 6.07 Å². The first-order valence-corrected chi connectivity index (χ1v) is 7.93. The number of nitrogens with one attached hydrogen (secondary N) is 1. The van der Waals surface area contributed by atoms with Gasteiger partial charge in [-0.25, -0.2) is 4.39 Å². The van der Waals surface area contributed by atoms with Crippen molar-refractivity contribution in [2.45, 2.75) is 39.0 Å². The van der Waals surface area contributed by atoms with Gasteiger partial charge in [0.1, 0.15) is 0 Å². The third-order valence-corrected chi connectivity index (χ3v) is 5.09. The number of hydrogen-bond donors (Lipinski definition) is 1. The molecular weight excluding hydrogens is 311 g/mol. The first-order valence-electron chi connectivity index (χ1n) is 7.14. The molecule has 1 N–H and O–H groups in total. The van der Waals surface area contributed by atoms with Crippen LogP contribution in [0.4, 0.5) is 4.39 Å². The Balaban J connectivity index is 2.14. The number of ether oxygens (including phenoxy) is 1. The van der Waals surface area contributed by atoms with Gasteiger partial charge in [0.2, 0.25) is 0 Å². The van der Waals surface area contributed by atoms with Crippen molar-refractivity contribution in [1.82, 2.24) is 10.2 Å². The maximum atomic E-state index is 14.3. The van der Waals surface area contributed by atoms with E-state index in [1.54, 1.807) is 6.07 Å². The van der Waals surface area contributed by atoms with Crippen LogP contribution in [-0.4, -0.2) is 22.3 Å². The van der Waals surface area contributed by atoms with Crippen LogP contribution in [-0.2, 0) is 0 Å². The van der Waals surface area contributed by atoms with Gasteiger partial charge in [0.05, 0.1) is 6.04 Å². The Kier molecular flexibility index (Phi) is 3.53. The van der Waals surface area contributed by atoms with E-state index in [2.05, 4.69) is 19.2 Å². The van der Waals surface area contributed by atoms with Crippen molar-refractivity contribution in [2.24, 2.45) is 5.92 Å². The fourth-order valence-electron chi connectivity index (χ4n) is 3.26. The van der Waals surface area contributed by atoms with Gasteiger partial charge in [-0.15, -0.1) is 0 Å². The zero-order valence-corrected chi connectivity index (χ0v) is 13.8.